The molecule has 0 spiro atoms. The molecule has 1 unspecified atom stereocenters. The van der Waals surface area contributed by atoms with E-state index in [-0.39, 0.29) is 24.0 Å². The number of allylic oxidation sites excluding steroid dienone is 2. The van der Waals surface area contributed by atoms with Gasteiger partial charge in [0.1, 0.15) is 12.4 Å². The molecule has 1 nitrogen and oxygen atoms in total. The Labute approximate surface area is 147 Å². The number of benzene rings is 2. The topological polar surface area (TPSA) is 9.23 Å². The number of aryl methyl sites for hydroxylation is 1. The SMILES string of the molecule is CCC1CC=C(c2ccc3c(c2F)OCc2c-3ccc(C)c2F)CC1. The summed E-state index contributed by atoms with van der Waals surface area (Å²) in [7, 11) is 0. The van der Waals surface area contributed by atoms with E-state index in [9.17, 15) is 4.39 Å². The van der Waals surface area contributed by atoms with Crippen LogP contribution in [0.1, 0.15) is 49.3 Å². The molecule has 0 bridgehead atoms. The van der Waals surface area contributed by atoms with Gasteiger partial charge in [-0.05, 0) is 54.9 Å². The predicted molar refractivity (Wildman–Crippen MR) is 96.5 cm³/mol. The summed E-state index contributed by atoms with van der Waals surface area (Å²) in [6.07, 6.45) is 6.35. The van der Waals surface area contributed by atoms with E-state index in [0.717, 1.165) is 30.4 Å². The molecule has 25 heavy (non-hydrogen) atoms. The molecule has 4 rings (SSSR count). The molecule has 2 aromatic rings. The van der Waals surface area contributed by atoms with E-state index in [1.165, 1.54) is 6.42 Å². The summed E-state index contributed by atoms with van der Waals surface area (Å²) in [6.45, 7) is 4.01. The van der Waals surface area contributed by atoms with Crippen LogP contribution in [-0.4, -0.2) is 0 Å². The Morgan fingerprint density at radius 3 is 2.52 bits per heavy atom. The third-order valence-electron chi connectivity index (χ3n) is 5.63. The Morgan fingerprint density at radius 2 is 1.80 bits per heavy atom. The van der Waals surface area contributed by atoms with Gasteiger partial charge in [0.05, 0.1) is 0 Å². The third kappa shape index (κ3) is 2.66. The molecule has 0 saturated heterocycles. The summed E-state index contributed by atoms with van der Waals surface area (Å²) in [5, 5.41) is 0. The average molecular weight is 340 g/mol. The van der Waals surface area contributed by atoms with E-state index in [1.54, 1.807) is 13.0 Å². The molecule has 2 aromatic carbocycles. The van der Waals surface area contributed by atoms with Gasteiger partial charge in [-0.1, -0.05) is 37.6 Å². The summed E-state index contributed by atoms with van der Waals surface area (Å²) in [5.41, 5.74) is 4.17. The minimum atomic E-state index is -0.315. The number of rotatable bonds is 2. The molecular formula is C22H22F2O. The second-order valence-electron chi connectivity index (χ2n) is 7.09. The van der Waals surface area contributed by atoms with Crippen LogP contribution in [0.15, 0.2) is 30.3 Å². The van der Waals surface area contributed by atoms with Gasteiger partial charge in [-0.15, -0.1) is 0 Å². The van der Waals surface area contributed by atoms with Crippen molar-refractivity contribution >= 4 is 5.57 Å². The second-order valence-corrected chi connectivity index (χ2v) is 7.09. The molecule has 2 aliphatic rings. The average Bonchev–Trinajstić information content (AvgIpc) is 2.65. The van der Waals surface area contributed by atoms with Crippen molar-refractivity contribution in [1.82, 2.24) is 0 Å². The largest absolute Gasteiger partial charge is 0.485 e. The fraction of sp³-hybridized carbons (Fsp3) is 0.364. The minimum absolute atomic E-state index is 0.0766. The maximum absolute atomic E-state index is 15.1. The summed E-state index contributed by atoms with van der Waals surface area (Å²) >= 11 is 0. The molecule has 1 aliphatic carbocycles. The number of halogens is 2. The van der Waals surface area contributed by atoms with Crippen molar-refractivity contribution in [2.24, 2.45) is 5.92 Å². The highest BCUT2D eigenvalue weighted by atomic mass is 19.1. The Hall–Kier alpha value is -2.16. The summed E-state index contributed by atoms with van der Waals surface area (Å²) in [5.74, 6) is 0.393. The zero-order valence-electron chi connectivity index (χ0n) is 14.7. The summed E-state index contributed by atoms with van der Waals surface area (Å²) in [4.78, 5) is 0. The molecule has 1 aliphatic heterocycles. The highest BCUT2D eigenvalue weighted by Crippen LogP contribution is 2.44. The second kappa shape index (κ2) is 6.29. The zero-order valence-corrected chi connectivity index (χ0v) is 14.7. The Morgan fingerprint density at radius 1 is 1.04 bits per heavy atom. The van der Waals surface area contributed by atoms with E-state index in [4.69, 9.17) is 4.74 Å². The molecule has 3 heteroatoms. The molecule has 0 fully saturated rings. The van der Waals surface area contributed by atoms with Crippen molar-refractivity contribution in [3.8, 4) is 16.9 Å². The molecule has 0 saturated carbocycles. The lowest BCUT2D eigenvalue weighted by Crippen LogP contribution is -2.12. The van der Waals surface area contributed by atoms with E-state index < -0.39 is 0 Å². The van der Waals surface area contributed by atoms with Crippen LogP contribution in [-0.2, 0) is 6.61 Å². The first-order valence-electron chi connectivity index (χ1n) is 9.03. The number of ether oxygens (including phenoxy) is 1. The lowest BCUT2D eigenvalue weighted by molar-refractivity contribution is 0.280. The van der Waals surface area contributed by atoms with E-state index >= 15 is 4.39 Å². The van der Waals surface area contributed by atoms with Crippen molar-refractivity contribution in [3.63, 3.8) is 0 Å². The quantitative estimate of drug-likeness (QED) is 0.612. The first kappa shape index (κ1) is 16.3. The fourth-order valence-electron chi connectivity index (χ4n) is 3.94. The van der Waals surface area contributed by atoms with Crippen LogP contribution in [0.4, 0.5) is 8.78 Å². The van der Waals surface area contributed by atoms with Crippen molar-refractivity contribution in [2.75, 3.05) is 0 Å². The molecule has 1 atom stereocenters. The van der Waals surface area contributed by atoms with Gasteiger partial charge in [-0.25, -0.2) is 8.78 Å². The monoisotopic (exact) mass is 340 g/mol. The predicted octanol–water partition coefficient (Wildman–Crippen LogP) is 6.43. The highest BCUT2D eigenvalue weighted by molar-refractivity contribution is 5.79. The maximum Gasteiger partial charge on any atom is 0.173 e. The van der Waals surface area contributed by atoms with E-state index in [1.807, 2.05) is 18.2 Å². The van der Waals surface area contributed by atoms with E-state index in [0.29, 0.717) is 28.2 Å². The van der Waals surface area contributed by atoms with Crippen molar-refractivity contribution < 1.29 is 13.5 Å². The van der Waals surface area contributed by atoms with Gasteiger partial charge in [-0.3, -0.25) is 0 Å². The fourth-order valence-corrected chi connectivity index (χ4v) is 3.94. The van der Waals surface area contributed by atoms with Crippen LogP contribution in [0.5, 0.6) is 5.75 Å². The smallest absolute Gasteiger partial charge is 0.173 e. The van der Waals surface area contributed by atoms with Crippen molar-refractivity contribution in [1.29, 1.82) is 0 Å². The van der Waals surface area contributed by atoms with E-state index in [2.05, 4.69) is 13.0 Å². The number of hydrogen-bond donors (Lipinski definition) is 0. The molecule has 130 valence electrons. The first-order valence-corrected chi connectivity index (χ1v) is 9.03. The normalized spacial score (nSPS) is 18.9. The molecular weight excluding hydrogens is 318 g/mol. The van der Waals surface area contributed by atoms with Crippen molar-refractivity contribution in [3.05, 3.63) is 58.7 Å². The first-order chi connectivity index (χ1) is 12.1. The van der Waals surface area contributed by atoms with Gasteiger partial charge < -0.3 is 4.74 Å². The van der Waals surface area contributed by atoms with Gasteiger partial charge in [-0.2, -0.15) is 0 Å². The Kier molecular flexibility index (Phi) is 4.10. The van der Waals surface area contributed by atoms with Gasteiger partial charge in [0.2, 0.25) is 0 Å². The van der Waals surface area contributed by atoms with Crippen LogP contribution < -0.4 is 4.74 Å². The summed E-state index contributed by atoms with van der Waals surface area (Å²) in [6, 6.07) is 7.29. The van der Waals surface area contributed by atoms with Gasteiger partial charge in [0.15, 0.2) is 11.6 Å². The molecule has 1 heterocycles. The lowest BCUT2D eigenvalue weighted by Gasteiger charge is -2.25. The number of hydrogen-bond acceptors (Lipinski definition) is 1. The van der Waals surface area contributed by atoms with Gasteiger partial charge in [0, 0.05) is 16.7 Å². The minimum Gasteiger partial charge on any atom is -0.485 e. The molecule has 0 radical (unpaired) electrons. The van der Waals surface area contributed by atoms with Gasteiger partial charge >= 0.3 is 0 Å². The maximum atomic E-state index is 15.1. The molecule has 0 aromatic heterocycles. The standard InChI is InChI=1S/C22H22F2O/c1-3-14-5-7-15(8-6-14)16-10-11-18-17-9-4-13(2)20(23)19(17)12-25-22(18)21(16)24/h4,7,9-11,14H,3,5-6,8,12H2,1-2H3. The van der Waals surface area contributed by atoms with Crippen LogP contribution in [0.3, 0.4) is 0 Å². The lowest BCUT2D eigenvalue weighted by atomic mass is 9.84. The number of fused-ring (bicyclic) bond motifs is 3. The highest BCUT2D eigenvalue weighted by Gasteiger charge is 2.26. The Balaban J connectivity index is 1.77. The van der Waals surface area contributed by atoms with Crippen molar-refractivity contribution in [2.45, 2.75) is 46.1 Å². The van der Waals surface area contributed by atoms with Gasteiger partial charge in [0.25, 0.3) is 0 Å². The molecule has 0 amide bonds. The summed E-state index contributed by atoms with van der Waals surface area (Å²) < 4.78 is 35.1. The van der Waals surface area contributed by atoms with Crippen LogP contribution >= 0.6 is 0 Å². The van der Waals surface area contributed by atoms with Crippen LogP contribution in [0.25, 0.3) is 16.7 Å². The van der Waals surface area contributed by atoms with Crippen LogP contribution in [0, 0.1) is 24.5 Å². The third-order valence-corrected chi connectivity index (χ3v) is 5.63. The zero-order chi connectivity index (χ0) is 17.6. The van der Waals surface area contributed by atoms with Crippen LogP contribution in [0.2, 0.25) is 0 Å². The molecule has 0 N–H and O–H groups in total. The Bertz CT molecular complexity index is 867.